The minimum Gasteiger partial charge on any atom is -0.312 e. The summed E-state index contributed by atoms with van der Waals surface area (Å²) in [4.78, 5) is 1.55. The molecule has 1 aliphatic heterocycles. The second kappa shape index (κ2) is 3.10. The van der Waals surface area contributed by atoms with Crippen LogP contribution in [0.25, 0.3) is 0 Å². The Kier molecular flexibility index (Phi) is 2.20. The van der Waals surface area contributed by atoms with E-state index in [0.717, 1.165) is 13.1 Å². The molecule has 0 spiro atoms. The van der Waals surface area contributed by atoms with Crippen molar-refractivity contribution in [2.45, 2.75) is 39.2 Å². The third-order valence-corrected chi connectivity index (χ3v) is 3.65. The molecule has 2 rings (SSSR count). The second-order valence-corrected chi connectivity index (χ2v) is 5.69. The molecule has 72 valence electrons. The molecule has 1 aromatic rings. The monoisotopic (exact) mass is 195 g/mol. The lowest BCUT2D eigenvalue weighted by molar-refractivity contribution is 0.571. The quantitative estimate of drug-likeness (QED) is 0.671. The number of nitrogens with one attached hydrogen (secondary N) is 1. The van der Waals surface area contributed by atoms with Gasteiger partial charge in [0, 0.05) is 11.4 Å². The lowest BCUT2D eigenvalue weighted by Crippen LogP contribution is -2.24. The van der Waals surface area contributed by atoms with Crippen molar-refractivity contribution in [3.05, 3.63) is 21.4 Å². The van der Waals surface area contributed by atoms with Gasteiger partial charge in [-0.05, 0) is 34.9 Å². The Morgan fingerprint density at radius 1 is 1.38 bits per heavy atom. The van der Waals surface area contributed by atoms with E-state index in [4.69, 9.17) is 0 Å². The normalized spacial score (nSPS) is 17.2. The molecule has 0 amide bonds. The molecule has 0 aliphatic carbocycles. The zero-order valence-corrected chi connectivity index (χ0v) is 9.42. The minimum absolute atomic E-state index is 0.321. The highest BCUT2D eigenvalue weighted by atomic mass is 32.1. The maximum absolute atomic E-state index is 3.42. The van der Waals surface area contributed by atoms with Gasteiger partial charge in [0.05, 0.1) is 0 Å². The van der Waals surface area contributed by atoms with E-state index in [0.29, 0.717) is 5.41 Å². The smallest absolute Gasteiger partial charge is 0.0302 e. The minimum atomic E-state index is 0.321. The first-order valence-electron chi connectivity index (χ1n) is 4.89. The van der Waals surface area contributed by atoms with E-state index < -0.39 is 0 Å². The van der Waals surface area contributed by atoms with Gasteiger partial charge in [0.1, 0.15) is 0 Å². The number of fused-ring (bicyclic) bond motifs is 1. The Balaban J connectivity index is 2.43. The molecule has 0 radical (unpaired) electrons. The van der Waals surface area contributed by atoms with Gasteiger partial charge < -0.3 is 5.32 Å². The Morgan fingerprint density at radius 3 is 2.85 bits per heavy atom. The fourth-order valence-corrected chi connectivity index (χ4v) is 3.19. The van der Waals surface area contributed by atoms with Crippen LogP contribution in [0.4, 0.5) is 0 Å². The third kappa shape index (κ3) is 1.65. The topological polar surface area (TPSA) is 12.0 Å². The molecule has 0 fully saturated rings. The zero-order valence-electron chi connectivity index (χ0n) is 8.61. The van der Waals surface area contributed by atoms with E-state index in [-0.39, 0.29) is 0 Å². The van der Waals surface area contributed by atoms with Gasteiger partial charge in [-0.25, -0.2) is 0 Å². The van der Waals surface area contributed by atoms with Crippen molar-refractivity contribution in [1.82, 2.24) is 5.32 Å². The number of hydrogen-bond acceptors (Lipinski definition) is 2. The summed E-state index contributed by atoms with van der Waals surface area (Å²) in [7, 11) is 0. The molecule has 1 nitrogen and oxygen atoms in total. The summed E-state index contributed by atoms with van der Waals surface area (Å²) in [6.07, 6.45) is 1.21. The van der Waals surface area contributed by atoms with Gasteiger partial charge in [-0.2, -0.15) is 0 Å². The molecular weight excluding hydrogens is 178 g/mol. The Labute approximate surface area is 84.2 Å². The molecular formula is C11H17NS. The summed E-state index contributed by atoms with van der Waals surface area (Å²) in [6.45, 7) is 9.13. The van der Waals surface area contributed by atoms with E-state index in [1.54, 1.807) is 16.0 Å². The van der Waals surface area contributed by atoms with Crippen LogP contribution >= 0.6 is 11.3 Å². The maximum Gasteiger partial charge on any atom is 0.0302 e. The largest absolute Gasteiger partial charge is 0.312 e. The predicted molar refractivity (Wildman–Crippen MR) is 58.4 cm³/mol. The van der Waals surface area contributed by atoms with Gasteiger partial charge in [0.15, 0.2) is 0 Å². The maximum atomic E-state index is 3.42. The Bertz CT molecular complexity index is 306. The first-order chi connectivity index (χ1) is 6.09. The van der Waals surface area contributed by atoms with Gasteiger partial charge >= 0.3 is 0 Å². The van der Waals surface area contributed by atoms with Crippen LogP contribution in [0, 0.1) is 0 Å². The molecule has 0 bridgehead atoms. The van der Waals surface area contributed by atoms with Crippen molar-refractivity contribution in [3.8, 4) is 0 Å². The van der Waals surface area contributed by atoms with Crippen LogP contribution in [-0.2, 0) is 18.4 Å². The van der Waals surface area contributed by atoms with Gasteiger partial charge in [0.2, 0.25) is 0 Å². The molecule has 0 atom stereocenters. The molecule has 0 unspecified atom stereocenters. The van der Waals surface area contributed by atoms with Crippen LogP contribution in [0.3, 0.4) is 0 Å². The van der Waals surface area contributed by atoms with Crippen molar-refractivity contribution < 1.29 is 0 Å². The summed E-state index contributed by atoms with van der Waals surface area (Å²) >= 11 is 1.92. The van der Waals surface area contributed by atoms with Crippen molar-refractivity contribution in [2.75, 3.05) is 6.54 Å². The molecule has 1 aromatic heterocycles. The van der Waals surface area contributed by atoms with Crippen molar-refractivity contribution in [3.63, 3.8) is 0 Å². The van der Waals surface area contributed by atoms with Crippen LogP contribution in [0.2, 0.25) is 0 Å². The SMILES string of the molecule is CC(C)(C)c1csc2c1CCNC2. The average molecular weight is 195 g/mol. The molecule has 1 N–H and O–H groups in total. The second-order valence-electron chi connectivity index (χ2n) is 4.73. The standard InChI is InChI=1S/C11H17NS/c1-11(2,3)9-7-13-10-6-12-5-4-8(9)10/h7,12H,4-6H2,1-3H3. The molecule has 2 heterocycles. The lowest BCUT2D eigenvalue weighted by Gasteiger charge is -2.22. The molecule has 2 heteroatoms. The van der Waals surface area contributed by atoms with Crippen LogP contribution < -0.4 is 5.32 Å². The summed E-state index contributed by atoms with van der Waals surface area (Å²) in [5.41, 5.74) is 3.51. The van der Waals surface area contributed by atoms with Crippen molar-refractivity contribution in [2.24, 2.45) is 0 Å². The summed E-state index contributed by atoms with van der Waals surface area (Å²) in [5, 5.41) is 5.76. The number of thiophene rings is 1. The van der Waals surface area contributed by atoms with Gasteiger partial charge in [0.25, 0.3) is 0 Å². The molecule has 13 heavy (non-hydrogen) atoms. The van der Waals surface area contributed by atoms with Gasteiger partial charge in [-0.3, -0.25) is 0 Å². The molecule has 0 saturated carbocycles. The lowest BCUT2D eigenvalue weighted by atomic mass is 9.84. The van der Waals surface area contributed by atoms with E-state index in [1.165, 1.54) is 6.42 Å². The number of rotatable bonds is 0. The predicted octanol–water partition coefficient (Wildman–Crippen LogP) is 2.69. The van der Waals surface area contributed by atoms with Crippen molar-refractivity contribution >= 4 is 11.3 Å². The first kappa shape index (κ1) is 9.22. The molecule has 0 saturated heterocycles. The van der Waals surface area contributed by atoms with Gasteiger partial charge in [-0.1, -0.05) is 20.8 Å². The fourth-order valence-electron chi connectivity index (χ4n) is 1.89. The van der Waals surface area contributed by atoms with Crippen LogP contribution in [0.1, 0.15) is 36.8 Å². The Morgan fingerprint density at radius 2 is 2.15 bits per heavy atom. The van der Waals surface area contributed by atoms with Crippen LogP contribution in [0.5, 0.6) is 0 Å². The Hall–Kier alpha value is -0.340. The molecule has 1 aliphatic rings. The highest BCUT2D eigenvalue weighted by Crippen LogP contribution is 2.33. The summed E-state index contributed by atoms with van der Waals surface area (Å²) in [6, 6.07) is 0. The first-order valence-corrected chi connectivity index (χ1v) is 5.77. The fraction of sp³-hybridized carbons (Fsp3) is 0.636. The summed E-state index contributed by atoms with van der Waals surface area (Å²) < 4.78 is 0. The number of hydrogen-bond donors (Lipinski definition) is 1. The van der Waals surface area contributed by atoms with E-state index >= 15 is 0 Å². The highest BCUT2D eigenvalue weighted by Gasteiger charge is 2.23. The van der Waals surface area contributed by atoms with E-state index in [9.17, 15) is 0 Å². The summed E-state index contributed by atoms with van der Waals surface area (Å²) in [5.74, 6) is 0. The van der Waals surface area contributed by atoms with Crippen molar-refractivity contribution in [1.29, 1.82) is 0 Å². The average Bonchev–Trinajstić information content (AvgIpc) is 2.45. The highest BCUT2D eigenvalue weighted by molar-refractivity contribution is 7.10. The zero-order chi connectivity index (χ0) is 9.47. The third-order valence-electron chi connectivity index (χ3n) is 2.63. The van der Waals surface area contributed by atoms with Crippen LogP contribution in [-0.4, -0.2) is 6.54 Å². The van der Waals surface area contributed by atoms with Gasteiger partial charge in [-0.15, -0.1) is 11.3 Å². The van der Waals surface area contributed by atoms with Crippen LogP contribution in [0.15, 0.2) is 5.38 Å². The molecule has 0 aromatic carbocycles. The van der Waals surface area contributed by atoms with E-state index in [1.807, 2.05) is 11.3 Å². The van der Waals surface area contributed by atoms with E-state index in [2.05, 4.69) is 31.5 Å².